The maximum absolute atomic E-state index is 10.7. The maximum atomic E-state index is 10.7. The fourth-order valence-corrected chi connectivity index (χ4v) is 2.10. The van der Waals surface area contributed by atoms with Gasteiger partial charge in [-0.05, 0) is 47.5 Å². The monoisotopic (exact) mass is 309 g/mol. The third-order valence-electron chi connectivity index (χ3n) is 2.64. The van der Waals surface area contributed by atoms with E-state index in [1.165, 1.54) is 0 Å². The van der Waals surface area contributed by atoms with Crippen LogP contribution in [0.25, 0.3) is 5.69 Å². The molecule has 0 atom stereocenters. The molecule has 0 radical (unpaired) electrons. The number of hydrogen-bond acceptors (Lipinski definition) is 3. The van der Waals surface area contributed by atoms with Gasteiger partial charge in [-0.3, -0.25) is 4.79 Å². The van der Waals surface area contributed by atoms with Crippen molar-refractivity contribution in [2.45, 2.75) is 20.3 Å². The summed E-state index contributed by atoms with van der Waals surface area (Å²) in [6, 6.07) is 5.89. The predicted molar refractivity (Wildman–Crippen MR) is 69.9 cm³/mol. The van der Waals surface area contributed by atoms with Crippen LogP contribution in [-0.2, 0) is 11.2 Å². The van der Waals surface area contributed by atoms with E-state index in [0.29, 0.717) is 5.69 Å². The smallest absolute Gasteiger partial charge is 0.309 e. The van der Waals surface area contributed by atoms with Crippen LogP contribution in [0.4, 0.5) is 0 Å². The molecular formula is C12H12BrN3O2. The Labute approximate surface area is 113 Å². The highest BCUT2D eigenvalue weighted by Crippen LogP contribution is 2.23. The van der Waals surface area contributed by atoms with E-state index in [-0.39, 0.29) is 6.42 Å². The number of carbonyl (C=O) groups is 1. The van der Waals surface area contributed by atoms with Gasteiger partial charge in [0.2, 0.25) is 0 Å². The Kier molecular flexibility index (Phi) is 3.47. The summed E-state index contributed by atoms with van der Waals surface area (Å²) in [5, 5.41) is 16.7. The zero-order valence-corrected chi connectivity index (χ0v) is 11.6. The van der Waals surface area contributed by atoms with E-state index in [9.17, 15) is 4.79 Å². The van der Waals surface area contributed by atoms with Gasteiger partial charge < -0.3 is 5.11 Å². The largest absolute Gasteiger partial charge is 0.481 e. The fraction of sp³-hybridized carbons (Fsp3) is 0.250. The van der Waals surface area contributed by atoms with Gasteiger partial charge in [-0.2, -0.15) is 0 Å². The molecule has 0 bridgehead atoms. The molecule has 94 valence electrons. The van der Waals surface area contributed by atoms with Crippen LogP contribution in [0.2, 0.25) is 0 Å². The first-order valence-corrected chi connectivity index (χ1v) is 6.18. The molecule has 6 heteroatoms. The summed E-state index contributed by atoms with van der Waals surface area (Å²) < 4.78 is 2.54. The molecule has 2 rings (SSSR count). The molecule has 1 heterocycles. The van der Waals surface area contributed by atoms with Crippen LogP contribution in [0.5, 0.6) is 0 Å². The average Bonchev–Trinajstić information content (AvgIpc) is 2.64. The number of benzene rings is 1. The van der Waals surface area contributed by atoms with Gasteiger partial charge in [-0.1, -0.05) is 11.3 Å². The molecule has 0 saturated heterocycles. The van der Waals surface area contributed by atoms with Crippen LogP contribution >= 0.6 is 15.9 Å². The second-order valence-electron chi connectivity index (χ2n) is 4.06. The number of rotatable bonds is 3. The van der Waals surface area contributed by atoms with Gasteiger partial charge in [0, 0.05) is 4.47 Å². The normalized spacial score (nSPS) is 10.6. The van der Waals surface area contributed by atoms with Crippen molar-refractivity contribution in [3.05, 3.63) is 39.6 Å². The summed E-state index contributed by atoms with van der Waals surface area (Å²) >= 11 is 3.46. The lowest BCUT2D eigenvalue weighted by atomic mass is 10.2. The molecule has 18 heavy (non-hydrogen) atoms. The molecule has 0 spiro atoms. The van der Waals surface area contributed by atoms with Crippen LogP contribution < -0.4 is 0 Å². The van der Waals surface area contributed by atoms with Gasteiger partial charge >= 0.3 is 5.97 Å². The van der Waals surface area contributed by atoms with Crippen molar-refractivity contribution < 1.29 is 9.90 Å². The second kappa shape index (κ2) is 4.89. The van der Waals surface area contributed by atoms with E-state index in [0.717, 1.165) is 21.4 Å². The summed E-state index contributed by atoms with van der Waals surface area (Å²) in [5.41, 5.74) is 3.18. The van der Waals surface area contributed by atoms with E-state index in [2.05, 4.69) is 26.2 Å². The second-order valence-corrected chi connectivity index (χ2v) is 4.91. The van der Waals surface area contributed by atoms with Gasteiger partial charge in [0.05, 0.1) is 23.5 Å². The summed E-state index contributed by atoms with van der Waals surface area (Å²) in [6.07, 6.45) is -0.116. The summed E-state index contributed by atoms with van der Waals surface area (Å²) in [5.74, 6) is -0.909. The molecule has 0 aliphatic carbocycles. The standard InChI is InChI=1S/C12H12BrN3O2/c1-7-3-4-9(13)11(5-7)16-8(2)10(14-15-16)6-12(17)18/h3-5H,6H2,1-2H3,(H,17,18). The van der Waals surface area contributed by atoms with Gasteiger partial charge in [0.15, 0.2) is 0 Å². The molecular weight excluding hydrogens is 298 g/mol. The number of aliphatic carboxylic acids is 1. The number of carboxylic acids is 1. The lowest BCUT2D eigenvalue weighted by Gasteiger charge is -2.07. The lowest BCUT2D eigenvalue weighted by Crippen LogP contribution is -2.04. The highest BCUT2D eigenvalue weighted by molar-refractivity contribution is 9.10. The first-order valence-electron chi connectivity index (χ1n) is 5.38. The fourth-order valence-electron chi connectivity index (χ4n) is 1.68. The van der Waals surface area contributed by atoms with Gasteiger partial charge in [0.1, 0.15) is 0 Å². The Morgan fingerprint density at radius 2 is 2.17 bits per heavy atom. The van der Waals surface area contributed by atoms with E-state index in [4.69, 9.17) is 5.11 Å². The third-order valence-corrected chi connectivity index (χ3v) is 3.31. The highest BCUT2D eigenvalue weighted by atomic mass is 79.9. The zero-order valence-electron chi connectivity index (χ0n) is 10.0. The molecule has 2 aromatic rings. The molecule has 0 aliphatic heterocycles. The number of nitrogens with zero attached hydrogens (tertiary/aromatic N) is 3. The van der Waals surface area contributed by atoms with Gasteiger partial charge in [-0.15, -0.1) is 5.10 Å². The van der Waals surface area contributed by atoms with Crippen molar-refractivity contribution in [1.82, 2.24) is 15.0 Å². The molecule has 0 amide bonds. The van der Waals surface area contributed by atoms with Crippen molar-refractivity contribution in [3.63, 3.8) is 0 Å². The molecule has 0 saturated carbocycles. The molecule has 1 aromatic heterocycles. The van der Waals surface area contributed by atoms with Crippen LogP contribution in [0, 0.1) is 13.8 Å². The van der Waals surface area contributed by atoms with Crippen LogP contribution in [0.3, 0.4) is 0 Å². The Hall–Kier alpha value is -1.69. The lowest BCUT2D eigenvalue weighted by molar-refractivity contribution is -0.136. The summed E-state index contributed by atoms with van der Waals surface area (Å²) in [6.45, 7) is 3.80. The number of halogens is 1. The number of carboxylic acid groups (broad SMARTS) is 1. The van der Waals surface area contributed by atoms with E-state index in [1.54, 1.807) is 4.68 Å². The maximum Gasteiger partial charge on any atom is 0.309 e. The minimum absolute atomic E-state index is 0.116. The molecule has 0 fully saturated rings. The Balaban J connectivity index is 2.48. The van der Waals surface area contributed by atoms with Gasteiger partial charge in [0.25, 0.3) is 0 Å². The predicted octanol–water partition coefficient (Wildman–Crippen LogP) is 2.27. The minimum atomic E-state index is -0.909. The molecule has 5 nitrogen and oxygen atoms in total. The average molecular weight is 310 g/mol. The first kappa shape index (κ1) is 12.8. The van der Waals surface area contributed by atoms with Crippen molar-refractivity contribution >= 4 is 21.9 Å². The van der Waals surface area contributed by atoms with Crippen molar-refractivity contribution in [2.24, 2.45) is 0 Å². The van der Waals surface area contributed by atoms with E-state index in [1.807, 2.05) is 32.0 Å². The van der Waals surface area contributed by atoms with Crippen molar-refractivity contribution in [1.29, 1.82) is 0 Å². The van der Waals surface area contributed by atoms with Crippen LogP contribution in [0.15, 0.2) is 22.7 Å². The summed E-state index contributed by atoms with van der Waals surface area (Å²) in [7, 11) is 0. The van der Waals surface area contributed by atoms with Crippen LogP contribution in [-0.4, -0.2) is 26.1 Å². The third kappa shape index (κ3) is 2.43. The van der Waals surface area contributed by atoms with Crippen LogP contribution in [0.1, 0.15) is 17.0 Å². The summed E-state index contributed by atoms with van der Waals surface area (Å²) in [4.78, 5) is 10.7. The Morgan fingerprint density at radius 1 is 1.44 bits per heavy atom. The van der Waals surface area contributed by atoms with E-state index < -0.39 is 5.97 Å². The first-order chi connectivity index (χ1) is 8.49. The van der Waals surface area contributed by atoms with Crippen molar-refractivity contribution in [2.75, 3.05) is 0 Å². The van der Waals surface area contributed by atoms with Gasteiger partial charge in [-0.25, -0.2) is 4.68 Å². The quantitative estimate of drug-likeness (QED) is 0.944. The molecule has 1 N–H and O–H groups in total. The van der Waals surface area contributed by atoms with E-state index >= 15 is 0 Å². The zero-order chi connectivity index (χ0) is 13.3. The topological polar surface area (TPSA) is 68.0 Å². The number of hydrogen-bond donors (Lipinski definition) is 1. The van der Waals surface area contributed by atoms with Crippen molar-refractivity contribution in [3.8, 4) is 5.69 Å². The molecule has 0 unspecified atom stereocenters. The number of aromatic nitrogens is 3. The minimum Gasteiger partial charge on any atom is -0.481 e. The Bertz CT molecular complexity index is 607. The molecule has 1 aromatic carbocycles. The number of aryl methyl sites for hydroxylation is 1. The SMILES string of the molecule is Cc1ccc(Br)c(-n2nnc(CC(=O)O)c2C)c1. The highest BCUT2D eigenvalue weighted by Gasteiger charge is 2.14. The Morgan fingerprint density at radius 3 is 2.83 bits per heavy atom. The molecule has 0 aliphatic rings.